The normalized spacial score (nSPS) is 25.7. The molecule has 4 nitrogen and oxygen atoms in total. The zero-order chi connectivity index (χ0) is 11.0. The van der Waals surface area contributed by atoms with E-state index in [0.717, 1.165) is 18.7 Å². The molecule has 1 atom stereocenters. The minimum Gasteiger partial charge on any atom is -0.468 e. The van der Waals surface area contributed by atoms with Crippen molar-refractivity contribution in [2.75, 3.05) is 7.11 Å². The predicted octanol–water partition coefficient (Wildman–Crippen LogP) is 1.39. The number of esters is 1. The van der Waals surface area contributed by atoms with Gasteiger partial charge in [-0.1, -0.05) is 12.2 Å². The molecular formula is C10H12N2O2S. The van der Waals surface area contributed by atoms with E-state index in [9.17, 15) is 4.79 Å². The lowest BCUT2D eigenvalue weighted by molar-refractivity contribution is -0.141. The van der Waals surface area contributed by atoms with E-state index in [1.54, 1.807) is 6.92 Å². The van der Waals surface area contributed by atoms with E-state index >= 15 is 0 Å². The van der Waals surface area contributed by atoms with Gasteiger partial charge in [0.25, 0.3) is 0 Å². The third-order valence-electron chi connectivity index (χ3n) is 2.56. The molecule has 0 aromatic carbocycles. The van der Waals surface area contributed by atoms with Crippen molar-refractivity contribution in [2.45, 2.75) is 19.8 Å². The smallest absolute Gasteiger partial charge is 0.321 e. The van der Waals surface area contributed by atoms with Crippen LogP contribution in [0.1, 0.15) is 19.8 Å². The number of hydrogen-bond acceptors (Lipinski definition) is 4. The van der Waals surface area contributed by atoms with Crippen LogP contribution in [0.25, 0.3) is 0 Å². The van der Waals surface area contributed by atoms with Crippen LogP contribution in [0.4, 0.5) is 0 Å². The lowest BCUT2D eigenvalue weighted by Gasteiger charge is -2.17. The van der Waals surface area contributed by atoms with E-state index in [1.807, 2.05) is 0 Å². The van der Waals surface area contributed by atoms with Gasteiger partial charge in [-0.3, -0.25) is 4.79 Å². The average molecular weight is 224 g/mol. The van der Waals surface area contributed by atoms with Crippen LogP contribution in [-0.4, -0.2) is 29.6 Å². The van der Waals surface area contributed by atoms with Crippen LogP contribution in [0.2, 0.25) is 0 Å². The first kappa shape index (κ1) is 10.4. The maximum Gasteiger partial charge on any atom is 0.321 e. The molecule has 2 rings (SSSR count). The van der Waals surface area contributed by atoms with Crippen molar-refractivity contribution < 1.29 is 9.53 Å². The Hall–Kier alpha value is -1.10. The first-order valence-corrected chi connectivity index (χ1v) is 5.29. The van der Waals surface area contributed by atoms with Crippen molar-refractivity contribution in [3.8, 4) is 0 Å². The monoisotopic (exact) mass is 224 g/mol. The molecule has 1 unspecified atom stereocenters. The minimum absolute atomic E-state index is 0.375. The maximum absolute atomic E-state index is 11.4. The van der Waals surface area contributed by atoms with Gasteiger partial charge in [0.1, 0.15) is 16.7 Å². The third-order valence-corrected chi connectivity index (χ3v) is 2.89. The quantitative estimate of drug-likeness (QED) is 0.526. The molecule has 1 saturated carbocycles. The fourth-order valence-electron chi connectivity index (χ4n) is 1.54. The first-order chi connectivity index (χ1) is 7.13. The molecule has 0 aromatic rings. The number of nitrogens with zero attached hydrogens (tertiary/aromatic N) is 2. The van der Waals surface area contributed by atoms with Gasteiger partial charge in [0.2, 0.25) is 0 Å². The Morgan fingerprint density at radius 2 is 2.13 bits per heavy atom. The standard InChI is InChI=1S/C10H12N2O2S/c1-5-7(10(13)14-2)9(15)12-8(11-5)6-3-4-6/h6-7H,3-4H2,1-2H3. The van der Waals surface area contributed by atoms with Gasteiger partial charge in [0.05, 0.1) is 7.11 Å². The number of carbonyl (C=O) groups excluding carboxylic acids is 1. The van der Waals surface area contributed by atoms with Crippen LogP contribution in [0.3, 0.4) is 0 Å². The molecule has 1 aliphatic heterocycles. The molecule has 0 amide bonds. The summed E-state index contributed by atoms with van der Waals surface area (Å²) in [6, 6.07) is 0. The summed E-state index contributed by atoms with van der Waals surface area (Å²) < 4.78 is 4.67. The number of methoxy groups -OCH3 is 1. The number of rotatable bonds is 2. The predicted molar refractivity (Wildman–Crippen MR) is 61.4 cm³/mol. The highest BCUT2D eigenvalue weighted by atomic mass is 32.1. The van der Waals surface area contributed by atoms with Crippen molar-refractivity contribution in [2.24, 2.45) is 21.8 Å². The highest BCUT2D eigenvalue weighted by Crippen LogP contribution is 2.33. The summed E-state index contributed by atoms with van der Waals surface area (Å²) in [5.74, 6) is 0.307. The molecule has 0 spiro atoms. The number of ether oxygens (including phenoxy) is 1. The fraction of sp³-hybridized carbons (Fsp3) is 0.600. The molecular weight excluding hydrogens is 212 g/mol. The number of aliphatic imine (C=N–C) groups is 2. The Balaban J connectivity index is 2.23. The lowest BCUT2D eigenvalue weighted by atomic mass is 10.0. The number of hydrogen-bond donors (Lipinski definition) is 0. The minimum atomic E-state index is -0.562. The van der Waals surface area contributed by atoms with Gasteiger partial charge in [0, 0.05) is 11.6 Å². The molecule has 0 radical (unpaired) electrons. The second-order valence-corrected chi connectivity index (χ2v) is 4.21. The summed E-state index contributed by atoms with van der Waals surface area (Å²) in [4.78, 5) is 20.3. The van der Waals surface area contributed by atoms with Gasteiger partial charge in [-0.2, -0.15) is 0 Å². The molecule has 1 fully saturated rings. The van der Waals surface area contributed by atoms with Gasteiger partial charge < -0.3 is 4.74 Å². The van der Waals surface area contributed by atoms with Crippen LogP contribution in [0, 0.1) is 11.8 Å². The van der Waals surface area contributed by atoms with E-state index < -0.39 is 5.92 Å². The van der Waals surface area contributed by atoms with E-state index in [0.29, 0.717) is 16.6 Å². The molecule has 15 heavy (non-hydrogen) atoms. The van der Waals surface area contributed by atoms with Crippen LogP contribution in [0.15, 0.2) is 9.98 Å². The fourth-order valence-corrected chi connectivity index (χ4v) is 1.90. The van der Waals surface area contributed by atoms with Crippen molar-refractivity contribution in [3.63, 3.8) is 0 Å². The van der Waals surface area contributed by atoms with Crippen molar-refractivity contribution in [3.05, 3.63) is 0 Å². The second kappa shape index (κ2) is 3.81. The van der Waals surface area contributed by atoms with Gasteiger partial charge in [-0.15, -0.1) is 0 Å². The molecule has 0 aromatic heterocycles. The largest absolute Gasteiger partial charge is 0.468 e. The summed E-state index contributed by atoms with van der Waals surface area (Å²) in [6.07, 6.45) is 2.25. The van der Waals surface area contributed by atoms with Crippen LogP contribution >= 0.6 is 12.2 Å². The summed E-state index contributed by atoms with van der Waals surface area (Å²) in [6.45, 7) is 1.80. The van der Waals surface area contributed by atoms with Gasteiger partial charge in [-0.25, -0.2) is 9.98 Å². The van der Waals surface area contributed by atoms with Crippen LogP contribution < -0.4 is 0 Å². The number of carbonyl (C=O) groups is 1. The SMILES string of the molecule is COC(=O)C1C(=S)N=C(C2CC2)N=C1C. The Kier molecular flexibility index (Phi) is 2.65. The molecule has 0 bridgehead atoms. The molecule has 1 heterocycles. The van der Waals surface area contributed by atoms with E-state index in [1.165, 1.54) is 7.11 Å². The molecule has 2 aliphatic rings. The average Bonchev–Trinajstić information content (AvgIpc) is 2.99. The zero-order valence-corrected chi connectivity index (χ0v) is 9.50. The highest BCUT2D eigenvalue weighted by Gasteiger charge is 2.35. The summed E-state index contributed by atoms with van der Waals surface area (Å²) in [5, 5.41) is 0. The number of thiocarbonyl (C=S) groups is 1. The molecule has 80 valence electrons. The summed E-state index contributed by atoms with van der Waals surface area (Å²) >= 11 is 5.10. The van der Waals surface area contributed by atoms with Crippen LogP contribution in [-0.2, 0) is 9.53 Å². The van der Waals surface area contributed by atoms with Gasteiger partial charge in [0.15, 0.2) is 0 Å². The van der Waals surface area contributed by atoms with Crippen molar-refractivity contribution in [1.82, 2.24) is 0 Å². The van der Waals surface area contributed by atoms with Gasteiger partial charge >= 0.3 is 5.97 Å². The topological polar surface area (TPSA) is 51.0 Å². The zero-order valence-electron chi connectivity index (χ0n) is 8.69. The third kappa shape index (κ3) is 1.97. The molecule has 0 N–H and O–H groups in total. The van der Waals surface area contributed by atoms with E-state index in [-0.39, 0.29) is 5.97 Å². The Labute approximate surface area is 93.4 Å². The molecule has 1 aliphatic carbocycles. The lowest BCUT2D eigenvalue weighted by Crippen LogP contribution is -2.33. The van der Waals surface area contributed by atoms with E-state index in [2.05, 4.69) is 14.7 Å². The van der Waals surface area contributed by atoms with Crippen molar-refractivity contribution >= 4 is 34.7 Å². The first-order valence-electron chi connectivity index (χ1n) is 4.89. The Morgan fingerprint density at radius 1 is 1.47 bits per heavy atom. The van der Waals surface area contributed by atoms with Crippen molar-refractivity contribution in [1.29, 1.82) is 0 Å². The summed E-state index contributed by atoms with van der Waals surface area (Å²) in [7, 11) is 1.35. The maximum atomic E-state index is 11.4. The molecule has 0 saturated heterocycles. The number of amidine groups is 1. The van der Waals surface area contributed by atoms with Gasteiger partial charge in [-0.05, 0) is 19.8 Å². The van der Waals surface area contributed by atoms with Crippen LogP contribution in [0.5, 0.6) is 0 Å². The second-order valence-electron chi connectivity index (χ2n) is 3.79. The Morgan fingerprint density at radius 3 is 2.60 bits per heavy atom. The summed E-state index contributed by atoms with van der Waals surface area (Å²) in [5.41, 5.74) is 0.698. The highest BCUT2D eigenvalue weighted by molar-refractivity contribution is 7.80. The molecule has 5 heteroatoms. The van der Waals surface area contributed by atoms with E-state index in [4.69, 9.17) is 12.2 Å². The Bertz CT molecular complexity index is 383.